The van der Waals surface area contributed by atoms with Gasteiger partial charge in [0.05, 0.1) is 0 Å². The van der Waals surface area contributed by atoms with E-state index in [0.29, 0.717) is 15.0 Å². The van der Waals surface area contributed by atoms with Crippen LogP contribution in [-0.2, 0) is 0 Å². The first kappa shape index (κ1) is 7.58. The van der Waals surface area contributed by atoms with Crippen molar-refractivity contribution in [3.63, 3.8) is 0 Å². The Hall–Kier alpha value is 0.469. The Morgan fingerprint density at radius 3 is 2.44 bits per heavy atom. The van der Waals surface area contributed by atoms with Crippen molar-refractivity contribution < 1.29 is 0 Å². The van der Waals surface area contributed by atoms with Gasteiger partial charge in [-0.3, -0.25) is 0 Å². The molecule has 0 amide bonds. The van der Waals surface area contributed by atoms with Gasteiger partial charge in [-0.2, -0.15) is 0 Å². The molecule has 9 heavy (non-hydrogen) atoms. The van der Waals surface area contributed by atoms with Crippen LogP contribution in [0.15, 0.2) is 30.3 Å². The zero-order valence-corrected chi connectivity index (χ0v) is 8.75. The SMILES string of the molecule is IC[Se]c1ccccc1. The minimum absolute atomic E-state index is 0.696. The molecule has 0 aliphatic carbocycles. The van der Waals surface area contributed by atoms with Crippen LogP contribution in [0.4, 0.5) is 0 Å². The van der Waals surface area contributed by atoms with E-state index < -0.39 is 0 Å². The van der Waals surface area contributed by atoms with Gasteiger partial charge < -0.3 is 0 Å². The third-order valence-electron chi connectivity index (χ3n) is 0.964. The van der Waals surface area contributed by atoms with E-state index >= 15 is 0 Å². The molecule has 0 heterocycles. The first-order valence-corrected chi connectivity index (χ1v) is 6.26. The molecule has 2 heteroatoms. The van der Waals surface area contributed by atoms with Gasteiger partial charge in [0.25, 0.3) is 0 Å². The Morgan fingerprint density at radius 2 is 1.89 bits per heavy atom. The summed E-state index contributed by atoms with van der Waals surface area (Å²) < 4.78 is 2.77. The van der Waals surface area contributed by atoms with Crippen LogP contribution in [0.5, 0.6) is 0 Å². The van der Waals surface area contributed by atoms with Crippen molar-refractivity contribution >= 4 is 42.0 Å². The van der Waals surface area contributed by atoms with Crippen LogP contribution in [0.25, 0.3) is 0 Å². The summed E-state index contributed by atoms with van der Waals surface area (Å²) in [4.78, 5) is 0. The van der Waals surface area contributed by atoms with Crippen molar-refractivity contribution in [2.75, 3.05) is 3.33 Å². The maximum atomic E-state index is 2.42. The first-order valence-electron chi connectivity index (χ1n) is 2.67. The van der Waals surface area contributed by atoms with E-state index in [1.165, 1.54) is 7.79 Å². The average Bonchev–Trinajstić information content (AvgIpc) is 1.91. The number of hydrogen-bond acceptors (Lipinski definition) is 0. The number of halogens is 1. The minimum atomic E-state index is 0.696. The summed E-state index contributed by atoms with van der Waals surface area (Å²) in [6, 6.07) is 10.6. The fourth-order valence-corrected chi connectivity index (χ4v) is 3.45. The molecule has 0 atom stereocenters. The number of hydrogen-bond donors (Lipinski definition) is 0. The summed E-state index contributed by atoms with van der Waals surface area (Å²) in [5.41, 5.74) is 0. The quantitative estimate of drug-likeness (QED) is 0.440. The molecule has 0 unspecified atom stereocenters. The summed E-state index contributed by atoms with van der Waals surface area (Å²) in [6.07, 6.45) is 0. The summed E-state index contributed by atoms with van der Waals surface area (Å²) in [5, 5.41) is 0. The van der Waals surface area contributed by atoms with Gasteiger partial charge in [0.1, 0.15) is 0 Å². The molecule has 0 spiro atoms. The predicted molar refractivity (Wildman–Crippen MR) is 50.7 cm³/mol. The molecule has 0 nitrogen and oxygen atoms in total. The number of alkyl halides is 1. The van der Waals surface area contributed by atoms with Crippen molar-refractivity contribution in [1.82, 2.24) is 0 Å². The van der Waals surface area contributed by atoms with Gasteiger partial charge in [0.15, 0.2) is 0 Å². The first-order chi connectivity index (χ1) is 4.43. The molecule has 0 saturated heterocycles. The second-order valence-electron chi connectivity index (χ2n) is 1.57. The molecule has 1 aromatic rings. The molecule has 48 valence electrons. The molecule has 0 aromatic heterocycles. The van der Waals surface area contributed by atoms with Gasteiger partial charge >= 0.3 is 75.7 Å². The van der Waals surface area contributed by atoms with Crippen LogP contribution < -0.4 is 4.46 Å². The van der Waals surface area contributed by atoms with Crippen LogP contribution in [0, 0.1) is 0 Å². The third-order valence-corrected chi connectivity index (χ3v) is 4.08. The van der Waals surface area contributed by atoms with E-state index in [4.69, 9.17) is 0 Å². The molecular weight excluding hydrogens is 290 g/mol. The van der Waals surface area contributed by atoms with Crippen molar-refractivity contribution in [3.8, 4) is 0 Å². The zero-order valence-electron chi connectivity index (χ0n) is 4.88. The van der Waals surface area contributed by atoms with Crippen LogP contribution in [0.2, 0.25) is 0 Å². The Kier molecular flexibility index (Phi) is 3.63. The van der Waals surface area contributed by atoms with Gasteiger partial charge in [0.2, 0.25) is 0 Å². The fourth-order valence-electron chi connectivity index (χ4n) is 0.580. The molecule has 0 saturated carbocycles. The molecule has 0 N–H and O–H groups in total. The van der Waals surface area contributed by atoms with Crippen LogP contribution in [0.1, 0.15) is 0 Å². The molecule has 0 radical (unpaired) electrons. The van der Waals surface area contributed by atoms with Crippen molar-refractivity contribution in [1.29, 1.82) is 0 Å². The molecule has 1 rings (SSSR count). The van der Waals surface area contributed by atoms with E-state index in [-0.39, 0.29) is 0 Å². The van der Waals surface area contributed by atoms with Crippen molar-refractivity contribution in [2.45, 2.75) is 0 Å². The second kappa shape index (κ2) is 4.31. The van der Waals surface area contributed by atoms with E-state index in [1.807, 2.05) is 0 Å². The Bertz CT molecular complexity index is 162. The van der Waals surface area contributed by atoms with E-state index in [1.54, 1.807) is 0 Å². The Balaban J connectivity index is 2.61. The molecule has 0 aliphatic rings. The van der Waals surface area contributed by atoms with E-state index in [9.17, 15) is 0 Å². The van der Waals surface area contributed by atoms with Gasteiger partial charge in [0, 0.05) is 0 Å². The summed E-state index contributed by atoms with van der Waals surface area (Å²) in [6.45, 7) is 0. The third kappa shape index (κ3) is 2.69. The molecule has 0 bridgehead atoms. The van der Waals surface area contributed by atoms with E-state index in [2.05, 4.69) is 52.9 Å². The van der Waals surface area contributed by atoms with Gasteiger partial charge in [-0.25, -0.2) is 0 Å². The predicted octanol–water partition coefficient (Wildman–Crippen LogP) is 1.41. The molecular formula is C7H7ISe. The average molecular weight is 297 g/mol. The van der Waals surface area contributed by atoms with E-state index in [0.717, 1.165) is 0 Å². The summed E-state index contributed by atoms with van der Waals surface area (Å²) >= 11 is 3.11. The summed E-state index contributed by atoms with van der Waals surface area (Å²) in [7, 11) is 0. The van der Waals surface area contributed by atoms with Gasteiger partial charge in [-0.05, 0) is 0 Å². The molecule has 1 aromatic carbocycles. The second-order valence-corrected chi connectivity index (χ2v) is 6.86. The van der Waals surface area contributed by atoms with Crippen molar-refractivity contribution in [2.24, 2.45) is 0 Å². The Morgan fingerprint density at radius 1 is 1.22 bits per heavy atom. The molecule has 0 aliphatic heterocycles. The summed E-state index contributed by atoms with van der Waals surface area (Å²) in [5.74, 6) is 0. The van der Waals surface area contributed by atoms with Crippen LogP contribution in [-0.4, -0.2) is 18.3 Å². The topological polar surface area (TPSA) is 0 Å². The Labute approximate surface area is 75.3 Å². The standard InChI is InChI=1S/C7H7ISe/c8-6-9-7-4-2-1-3-5-7/h1-5H,6H2. The van der Waals surface area contributed by atoms with Crippen LogP contribution >= 0.6 is 22.6 Å². The van der Waals surface area contributed by atoms with Gasteiger partial charge in [-0.15, -0.1) is 0 Å². The number of benzene rings is 1. The van der Waals surface area contributed by atoms with Crippen molar-refractivity contribution in [3.05, 3.63) is 30.3 Å². The van der Waals surface area contributed by atoms with Crippen LogP contribution in [0.3, 0.4) is 0 Å². The number of rotatable bonds is 2. The fraction of sp³-hybridized carbons (Fsp3) is 0.143. The maximum absolute atomic E-state index is 2.42. The zero-order chi connectivity index (χ0) is 6.53. The van der Waals surface area contributed by atoms with Gasteiger partial charge in [-0.1, -0.05) is 0 Å². The molecule has 0 fully saturated rings. The monoisotopic (exact) mass is 298 g/mol. The normalized spacial score (nSPS) is 9.44.